The summed E-state index contributed by atoms with van der Waals surface area (Å²) < 4.78 is 27.8. The maximum atomic E-state index is 12.3. The largest absolute Gasteiger partial charge is 0.465 e. The highest BCUT2D eigenvalue weighted by Gasteiger charge is 2.30. The molecular weight excluding hydrogens is 344 g/mol. The number of amides is 1. The molecule has 1 saturated heterocycles. The summed E-state index contributed by atoms with van der Waals surface area (Å²) in [6, 6.07) is 5.11. The number of anilines is 1. The average molecular weight is 366 g/mol. The van der Waals surface area contributed by atoms with Crippen molar-refractivity contribution in [3.05, 3.63) is 29.3 Å². The number of hydrogen-bond donors (Lipinski definition) is 1. The van der Waals surface area contributed by atoms with Crippen molar-refractivity contribution in [2.45, 2.75) is 25.3 Å². The molecule has 0 bridgehead atoms. The first-order chi connectivity index (χ1) is 11.9. The molecular formula is C17H22N2O5S. The second-order valence-electron chi connectivity index (χ2n) is 6.49. The number of ether oxygens (including phenoxy) is 1. The number of carbonyl (C=O) groups is 2. The number of sulfone groups is 1. The molecule has 8 heteroatoms. The summed E-state index contributed by atoms with van der Waals surface area (Å²) in [6.45, 7) is 0.863. The molecule has 1 fully saturated rings. The molecule has 0 aliphatic carbocycles. The van der Waals surface area contributed by atoms with Crippen LogP contribution in [-0.2, 0) is 25.8 Å². The molecule has 3 rings (SSSR count). The smallest absolute Gasteiger partial charge is 0.338 e. The van der Waals surface area contributed by atoms with Gasteiger partial charge in [0, 0.05) is 18.3 Å². The van der Waals surface area contributed by atoms with E-state index in [1.807, 2.05) is 11.0 Å². The molecule has 1 aromatic rings. The van der Waals surface area contributed by atoms with Crippen LogP contribution >= 0.6 is 0 Å². The number of nitrogens with zero attached hydrogens (tertiary/aromatic N) is 1. The van der Waals surface area contributed by atoms with Crippen LogP contribution in [0.2, 0.25) is 0 Å². The number of rotatable bonds is 4. The number of esters is 1. The Hall–Kier alpha value is -2.09. The van der Waals surface area contributed by atoms with Crippen LogP contribution in [0.4, 0.5) is 5.69 Å². The Balaban J connectivity index is 1.71. The van der Waals surface area contributed by atoms with Gasteiger partial charge in [-0.3, -0.25) is 4.79 Å². The van der Waals surface area contributed by atoms with Crippen LogP contribution in [0.25, 0.3) is 0 Å². The minimum absolute atomic E-state index is 0.0157. The van der Waals surface area contributed by atoms with E-state index < -0.39 is 9.84 Å². The van der Waals surface area contributed by atoms with Crippen molar-refractivity contribution in [3.8, 4) is 0 Å². The third-order valence-corrected chi connectivity index (χ3v) is 6.45. The highest BCUT2D eigenvalue weighted by Crippen LogP contribution is 2.30. The number of carbonyl (C=O) groups excluding carboxylic acids is 2. The number of nitrogens with one attached hydrogen (secondary N) is 1. The fourth-order valence-electron chi connectivity index (χ4n) is 3.52. The second-order valence-corrected chi connectivity index (χ2v) is 8.72. The Bertz CT molecular complexity index is 790. The van der Waals surface area contributed by atoms with E-state index in [0.717, 1.165) is 24.1 Å². The average Bonchev–Trinajstić information content (AvgIpc) is 2.92. The third-order valence-electron chi connectivity index (χ3n) is 4.68. The maximum Gasteiger partial charge on any atom is 0.338 e. The van der Waals surface area contributed by atoms with E-state index in [4.69, 9.17) is 4.74 Å². The van der Waals surface area contributed by atoms with Gasteiger partial charge in [-0.05, 0) is 37.0 Å². The molecule has 0 saturated carbocycles. The molecule has 1 amide bonds. The molecule has 1 aromatic carbocycles. The van der Waals surface area contributed by atoms with Crippen LogP contribution in [0.1, 0.15) is 28.8 Å². The molecule has 7 nitrogen and oxygen atoms in total. The van der Waals surface area contributed by atoms with Gasteiger partial charge in [0.05, 0.1) is 30.7 Å². The molecule has 136 valence electrons. The van der Waals surface area contributed by atoms with Crippen LogP contribution in [0, 0.1) is 0 Å². The van der Waals surface area contributed by atoms with Gasteiger partial charge in [-0.1, -0.05) is 6.07 Å². The summed E-state index contributed by atoms with van der Waals surface area (Å²) in [5.41, 5.74) is 2.30. The molecule has 2 heterocycles. The molecule has 1 atom stereocenters. The van der Waals surface area contributed by atoms with E-state index >= 15 is 0 Å². The normalized spacial score (nSPS) is 21.5. The van der Waals surface area contributed by atoms with Gasteiger partial charge in [0.15, 0.2) is 9.84 Å². The second kappa shape index (κ2) is 7.03. The predicted octanol–water partition coefficient (Wildman–Crippen LogP) is 0.529. The molecule has 2 aliphatic rings. The Morgan fingerprint density at radius 2 is 2.16 bits per heavy atom. The molecule has 2 aliphatic heterocycles. The SMILES string of the molecule is COC(=O)c1cccc2c1CCCN2CC(=O)N[C@H]1CCS(=O)(=O)C1. The van der Waals surface area contributed by atoms with Crippen LogP contribution < -0.4 is 10.2 Å². The lowest BCUT2D eigenvalue weighted by molar-refractivity contribution is -0.120. The van der Waals surface area contributed by atoms with E-state index in [1.54, 1.807) is 12.1 Å². The Morgan fingerprint density at radius 3 is 2.84 bits per heavy atom. The molecule has 25 heavy (non-hydrogen) atoms. The number of hydrogen-bond acceptors (Lipinski definition) is 6. The van der Waals surface area contributed by atoms with Gasteiger partial charge in [0.1, 0.15) is 0 Å². The zero-order valence-electron chi connectivity index (χ0n) is 14.2. The van der Waals surface area contributed by atoms with Crippen molar-refractivity contribution < 1.29 is 22.7 Å². The standard InChI is InChI=1S/C17H22N2O5S/c1-24-17(21)14-4-2-6-15-13(14)5-3-8-19(15)10-16(20)18-12-7-9-25(22,23)11-12/h2,4,6,12H,3,5,7-11H2,1H3,(H,18,20)/t12-/m0/s1. The van der Waals surface area contributed by atoms with Crippen molar-refractivity contribution in [2.24, 2.45) is 0 Å². The zero-order valence-corrected chi connectivity index (χ0v) is 15.0. The van der Waals surface area contributed by atoms with Crippen molar-refractivity contribution in [1.82, 2.24) is 5.32 Å². The molecule has 0 spiro atoms. The fourth-order valence-corrected chi connectivity index (χ4v) is 5.20. The Morgan fingerprint density at radius 1 is 1.36 bits per heavy atom. The summed E-state index contributed by atoms with van der Waals surface area (Å²) in [7, 11) is -1.67. The van der Waals surface area contributed by atoms with Crippen LogP contribution in [0.3, 0.4) is 0 Å². The van der Waals surface area contributed by atoms with Crippen molar-refractivity contribution in [2.75, 3.05) is 36.6 Å². The number of benzene rings is 1. The third kappa shape index (κ3) is 3.95. The summed E-state index contributed by atoms with van der Waals surface area (Å²) in [4.78, 5) is 26.2. The number of fused-ring (bicyclic) bond motifs is 1. The van der Waals surface area contributed by atoms with Gasteiger partial charge in [-0.2, -0.15) is 0 Å². The van der Waals surface area contributed by atoms with Crippen molar-refractivity contribution in [3.63, 3.8) is 0 Å². The molecule has 1 N–H and O–H groups in total. The van der Waals surface area contributed by atoms with E-state index in [0.29, 0.717) is 18.5 Å². The topological polar surface area (TPSA) is 92.8 Å². The first kappa shape index (κ1) is 17.7. The minimum atomic E-state index is -3.02. The number of methoxy groups -OCH3 is 1. The lowest BCUT2D eigenvalue weighted by Gasteiger charge is -2.32. The fraction of sp³-hybridized carbons (Fsp3) is 0.529. The van der Waals surface area contributed by atoms with Gasteiger partial charge < -0.3 is 15.0 Å². The zero-order chi connectivity index (χ0) is 18.0. The van der Waals surface area contributed by atoms with E-state index in [1.165, 1.54) is 7.11 Å². The Labute approximate surface area is 147 Å². The van der Waals surface area contributed by atoms with Gasteiger partial charge in [-0.25, -0.2) is 13.2 Å². The van der Waals surface area contributed by atoms with E-state index in [-0.39, 0.29) is 36.0 Å². The van der Waals surface area contributed by atoms with Crippen molar-refractivity contribution in [1.29, 1.82) is 0 Å². The van der Waals surface area contributed by atoms with Gasteiger partial charge >= 0.3 is 5.97 Å². The van der Waals surface area contributed by atoms with Gasteiger partial charge in [-0.15, -0.1) is 0 Å². The van der Waals surface area contributed by atoms with Gasteiger partial charge in [0.25, 0.3) is 0 Å². The molecule has 0 radical (unpaired) electrons. The Kier molecular flexibility index (Phi) is 4.99. The predicted molar refractivity (Wildman–Crippen MR) is 93.5 cm³/mol. The van der Waals surface area contributed by atoms with Crippen molar-refractivity contribution >= 4 is 27.4 Å². The van der Waals surface area contributed by atoms with Gasteiger partial charge in [0.2, 0.25) is 5.91 Å². The lowest BCUT2D eigenvalue weighted by Crippen LogP contribution is -2.44. The van der Waals surface area contributed by atoms with E-state index in [2.05, 4.69) is 5.32 Å². The molecule has 0 unspecified atom stereocenters. The lowest BCUT2D eigenvalue weighted by atomic mass is 9.96. The monoisotopic (exact) mass is 366 g/mol. The van der Waals surface area contributed by atoms with Crippen LogP contribution in [-0.4, -0.2) is 58.0 Å². The van der Waals surface area contributed by atoms with Crippen LogP contribution in [0.5, 0.6) is 0 Å². The highest BCUT2D eigenvalue weighted by atomic mass is 32.2. The minimum Gasteiger partial charge on any atom is -0.465 e. The first-order valence-corrected chi connectivity index (χ1v) is 10.2. The van der Waals surface area contributed by atoms with Crippen LogP contribution in [0.15, 0.2) is 18.2 Å². The maximum absolute atomic E-state index is 12.3. The summed E-state index contributed by atoms with van der Waals surface area (Å²) in [6.07, 6.45) is 2.07. The summed E-state index contributed by atoms with van der Waals surface area (Å²) in [5.74, 6) is -0.424. The van der Waals surface area contributed by atoms with E-state index in [9.17, 15) is 18.0 Å². The molecule has 0 aromatic heterocycles. The highest BCUT2D eigenvalue weighted by molar-refractivity contribution is 7.91. The quantitative estimate of drug-likeness (QED) is 0.782. The summed E-state index contributed by atoms with van der Waals surface area (Å²) >= 11 is 0. The summed E-state index contributed by atoms with van der Waals surface area (Å²) in [5, 5.41) is 2.81. The first-order valence-electron chi connectivity index (χ1n) is 8.34.